The lowest BCUT2D eigenvalue weighted by molar-refractivity contribution is 0.0894. The van der Waals surface area contributed by atoms with Gasteiger partial charge in [-0.05, 0) is 11.1 Å². The summed E-state index contributed by atoms with van der Waals surface area (Å²) < 4.78 is 10.7. The molecule has 0 N–H and O–H groups in total. The molecule has 2 rings (SSSR count). The van der Waals surface area contributed by atoms with Crippen LogP contribution in [-0.4, -0.2) is 14.2 Å². The van der Waals surface area contributed by atoms with Crippen molar-refractivity contribution >= 4 is 0 Å². The molecule has 0 aliphatic heterocycles. The molecule has 2 aromatic carbocycles. The van der Waals surface area contributed by atoms with Gasteiger partial charge in [-0.25, -0.2) is 0 Å². The van der Waals surface area contributed by atoms with Crippen molar-refractivity contribution in [2.45, 2.75) is 12.8 Å². The summed E-state index contributed by atoms with van der Waals surface area (Å²) in [5, 5.41) is 0. The van der Waals surface area contributed by atoms with Crippen molar-refractivity contribution in [2.24, 2.45) is 0 Å². The number of allylic oxidation sites excluding steroid dienone is 1. The Morgan fingerprint density at radius 2 is 1.10 bits per heavy atom. The monoisotopic (exact) mass is 268 g/mol. The third-order valence-corrected chi connectivity index (χ3v) is 3.18. The molecule has 20 heavy (non-hydrogen) atoms. The minimum atomic E-state index is 0.609. The minimum absolute atomic E-state index is 0.609. The first-order valence-corrected chi connectivity index (χ1v) is 6.71. The summed E-state index contributed by atoms with van der Waals surface area (Å²) in [5.74, 6) is 0.609. The predicted octanol–water partition coefficient (Wildman–Crippen LogP) is 3.98. The summed E-state index contributed by atoms with van der Waals surface area (Å²) >= 11 is 0. The SMILES string of the molecule is COC(OC)=C(Cc1ccccc1)Cc1ccccc1. The zero-order valence-electron chi connectivity index (χ0n) is 12.0. The van der Waals surface area contributed by atoms with E-state index in [1.807, 2.05) is 12.1 Å². The average molecular weight is 268 g/mol. The van der Waals surface area contributed by atoms with Crippen LogP contribution in [0.5, 0.6) is 0 Å². The van der Waals surface area contributed by atoms with Crippen LogP contribution in [0.1, 0.15) is 11.1 Å². The molecule has 104 valence electrons. The van der Waals surface area contributed by atoms with Crippen molar-refractivity contribution in [2.75, 3.05) is 14.2 Å². The van der Waals surface area contributed by atoms with Crippen LogP contribution in [0.3, 0.4) is 0 Å². The molecule has 0 aliphatic rings. The lowest BCUT2D eigenvalue weighted by atomic mass is 9.99. The van der Waals surface area contributed by atoms with E-state index in [9.17, 15) is 0 Å². The molecule has 0 heterocycles. The number of hydrogen-bond donors (Lipinski definition) is 0. The Morgan fingerprint density at radius 1 is 0.700 bits per heavy atom. The van der Waals surface area contributed by atoms with Crippen molar-refractivity contribution in [3.8, 4) is 0 Å². The van der Waals surface area contributed by atoms with Crippen LogP contribution in [0, 0.1) is 0 Å². The van der Waals surface area contributed by atoms with E-state index in [0.717, 1.165) is 18.4 Å². The second-order valence-corrected chi connectivity index (χ2v) is 4.62. The van der Waals surface area contributed by atoms with Crippen LogP contribution in [-0.2, 0) is 22.3 Å². The fourth-order valence-electron chi connectivity index (χ4n) is 2.26. The first-order valence-electron chi connectivity index (χ1n) is 6.71. The number of methoxy groups -OCH3 is 2. The van der Waals surface area contributed by atoms with Gasteiger partial charge in [0.1, 0.15) is 0 Å². The second kappa shape index (κ2) is 7.39. The third kappa shape index (κ3) is 3.89. The standard InChI is InChI=1S/C18H20O2/c1-19-18(20-2)17(13-15-9-5-3-6-10-15)14-16-11-7-4-8-12-16/h3-12H,13-14H2,1-2H3. The quantitative estimate of drug-likeness (QED) is 0.738. The van der Waals surface area contributed by atoms with Gasteiger partial charge in [-0.15, -0.1) is 0 Å². The summed E-state index contributed by atoms with van der Waals surface area (Å²) in [6.07, 6.45) is 1.65. The number of ether oxygens (including phenoxy) is 2. The molecular weight excluding hydrogens is 248 g/mol. The van der Waals surface area contributed by atoms with Crippen molar-refractivity contribution in [1.29, 1.82) is 0 Å². The molecule has 0 aromatic heterocycles. The maximum atomic E-state index is 5.36. The van der Waals surface area contributed by atoms with E-state index in [-0.39, 0.29) is 0 Å². The van der Waals surface area contributed by atoms with Crippen LogP contribution in [0.4, 0.5) is 0 Å². The Kier molecular flexibility index (Phi) is 5.24. The average Bonchev–Trinajstić information content (AvgIpc) is 2.50. The highest BCUT2D eigenvalue weighted by atomic mass is 16.7. The molecule has 0 amide bonds. The van der Waals surface area contributed by atoms with E-state index in [1.54, 1.807) is 14.2 Å². The van der Waals surface area contributed by atoms with Crippen molar-refractivity contribution in [1.82, 2.24) is 0 Å². The van der Waals surface area contributed by atoms with Gasteiger partial charge < -0.3 is 9.47 Å². The summed E-state index contributed by atoms with van der Waals surface area (Å²) in [5.41, 5.74) is 3.66. The highest BCUT2D eigenvalue weighted by molar-refractivity contribution is 5.28. The zero-order chi connectivity index (χ0) is 14.2. The predicted molar refractivity (Wildman–Crippen MR) is 81.3 cm³/mol. The largest absolute Gasteiger partial charge is 0.469 e. The molecule has 2 aromatic rings. The summed E-state index contributed by atoms with van der Waals surface area (Å²) in [6, 6.07) is 20.7. The number of rotatable bonds is 6. The Morgan fingerprint density at radius 3 is 1.45 bits per heavy atom. The summed E-state index contributed by atoms with van der Waals surface area (Å²) in [7, 11) is 3.30. The van der Waals surface area contributed by atoms with E-state index in [1.165, 1.54) is 11.1 Å². The van der Waals surface area contributed by atoms with Crippen LogP contribution in [0.25, 0.3) is 0 Å². The Bertz CT molecular complexity index is 495. The molecule has 0 bridgehead atoms. The molecule has 0 saturated carbocycles. The van der Waals surface area contributed by atoms with Crippen molar-refractivity contribution in [3.63, 3.8) is 0 Å². The molecule has 2 nitrogen and oxygen atoms in total. The Hall–Kier alpha value is -2.22. The van der Waals surface area contributed by atoms with Gasteiger partial charge >= 0.3 is 0 Å². The number of benzene rings is 2. The van der Waals surface area contributed by atoms with Crippen LogP contribution in [0.2, 0.25) is 0 Å². The molecule has 0 spiro atoms. The van der Waals surface area contributed by atoms with Gasteiger partial charge in [-0.3, -0.25) is 0 Å². The molecule has 0 radical (unpaired) electrons. The van der Waals surface area contributed by atoms with Gasteiger partial charge in [0.05, 0.1) is 14.2 Å². The third-order valence-electron chi connectivity index (χ3n) is 3.18. The summed E-state index contributed by atoms with van der Waals surface area (Å²) in [6.45, 7) is 0. The molecule has 0 aliphatic carbocycles. The normalized spacial score (nSPS) is 9.90. The lowest BCUT2D eigenvalue weighted by Crippen LogP contribution is -2.04. The first-order chi connectivity index (χ1) is 9.83. The zero-order valence-corrected chi connectivity index (χ0v) is 12.0. The van der Waals surface area contributed by atoms with Gasteiger partial charge in [-0.1, -0.05) is 60.7 Å². The van der Waals surface area contributed by atoms with Crippen LogP contribution in [0.15, 0.2) is 72.2 Å². The fraction of sp³-hybridized carbons (Fsp3) is 0.222. The van der Waals surface area contributed by atoms with Gasteiger partial charge in [0, 0.05) is 18.4 Å². The van der Waals surface area contributed by atoms with E-state index in [2.05, 4.69) is 48.5 Å². The van der Waals surface area contributed by atoms with Crippen molar-refractivity contribution < 1.29 is 9.47 Å². The first kappa shape index (κ1) is 14.2. The maximum Gasteiger partial charge on any atom is 0.278 e. The highest BCUT2D eigenvalue weighted by Crippen LogP contribution is 2.18. The number of hydrogen-bond acceptors (Lipinski definition) is 2. The van der Waals surface area contributed by atoms with Gasteiger partial charge in [0.2, 0.25) is 0 Å². The Labute approximate surface area is 120 Å². The van der Waals surface area contributed by atoms with E-state index in [4.69, 9.17) is 9.47 Å². The smallest absolute Gasteiger partial charge is 0.278 e. The van der Waals surface area contributed by atoms with E-state index in [0.29, 0.717) is 5.95 Å². The molecule has 2 heteroatoms. The van der Waals surface area contributed by atoms with Gasteiger partial charge in [0.25, 0.3) is 5.95 Å². The van der Waals surface area contributed by atoms with Gasteiger partial charge in [-0.2, -0.15) is 0 Å². The minimum Gasteiger partial charge on any atom is -0.469 e. The second-order valence-electron chi connectivity index (χ2n) is 4.62. The molecule has 0 unspecified atom stereocenters. The molecule has 0 saturated heterocycles. The molecular formula is C18H20O2. The van der Waals surface area contributed by atoms with Crippen LogP contribution >= 0.6 is 0 Å². The highest BCUT2D eigenvalue weighted by Gasteiger charge is 2.10. The van der Waals surface area contributed by atoms with Gasteiger partial charge in [0.15, 0.2) is 0 Å². The summed E-state index contributed by atoms with van der Waals surface area (Å²) in [4.78, 5) is 0. The lowest BCUT2D eigenvalue weighted by Gasteiger charge is -2.13. The van der Waals surface area contributed by atoms with E-state index >= 15 is 0 Å². The van der Waals surface area contributed by atoms with Crippen LogP contribution < -0.4 is 0 Å². The van der Waals surface area contributed by atoms with Crippen molar-refractivity contribution in [3.05, 3.63) is 83.3 Å². The Balaban J connectivity index is 2.24. The van der Waals surface area contributed by atoms with E-state index < -0.39 is 0 Å². The maximum absolute atomic E-state index is 5.36. The molecule has 0 atom stereocenters. The fourth-order valence-corrected chi connectivity index (χ4v) is 2.26. The molecule has 0 fully saturated rings. The topological polar surface area (TPSA) is 18.5 Å².